The Balaban J connectivity index is 2.22. The Morgan fingerprint density at radius 3 is 2.71 bits per heavy atom. The largest absolute Gasteiger partial charge is 0.326 e. The summed E-state index contributed by atoms with van der Waals surface area (Å²) in [5.41, 5.74) is 7.27. The Morgan fingerprint density at radius 1 is 1.38 bits per heavy atom. The number of rotatable bonds is 4. The van der Waals surface area contributed by atoms with Crippen molar-refractivity contribution in [3.63, 3.8) is 0 Å². The minimum atomic E-state index is -3.73. The van der Waals surface area contributed by atoms with Gasteiger partial charge in [0.1, 0.15) is 0 Å². The lowest BCUT2D eigenvalue weighted by Crippen LogP contribution is -2.43. The number of sulfone groups is 1. The molecule has 1 aromatic rings. The third-order valence-electron chi connectivity index (χ3n) is 3.64. The molecule has 8 heteroatoms. The van der Waals surface area contributed by atoms with Gasteiger partial charge in [0.25, 0.3) is 0 Å². The summed E-state index contributed by atoms with van der Waals surface area (Å²) < 4.78 is 50.3. The standard InChI is InChI=1S/C13H20N2O4S2/c1-10-4-5-13(7-11(10)8-14)21(18,19)15-12-3-2-6-20(16,17)9-12/h4-5,7,12,15H,2-3,6,8-9,14H2,1H3. The van der Waals surface area contributed by atoms with E-state index in [1.165, 1.54) is 12.1 Å². The highest BCUT2D eigenvalue weighted by Gasteiger charge is 2.28. The molecule has 0 radical (unpaired) electrons. The van der Waals surface area contributed by atoms with Gasteiger partial charge in [-0.05, 0) is 43.0 Å². The van der Waals surface area contributed by atoms with Crippen LogP contribution in [0.15, 0.2) is 23.1 Å². The SMILES string of the molecule is Cc1ccc(S(=O)(=O)NC2CCCS(=O)(=O)C2)cc1CN. The number of sulfonamides is 1. The van der Waals surface area contributed by atoms with Crippen molar-refractivity contribution in [1.29, 1.82) is 0 Å². The molecule has 0 amide bonds. The van der Waals surface area contributed by atoms with Gasteiger partial charge in [-0.15, -0.1) is 0 Å². The third kappa shape index (κ3) is 4.03. The molecule has 1 fully saturated rings. The van der Waals surface area contributed by atoms with E-state index in [4.69, 9.17) is 5.73 Å². The number of benzene rings is 1. The van der Waals surface area contributed by atoms with E-state index in [1.54, 1.807) is 6.07 Å². The van der Waals surface area contributed by atoms with E-state index in [0.717, 1.165) is 11.1 Å². The highest BCUT2D eigenvalue weighted by Crippen LogP contribution is 2.18. The first-order valence-electron chi connectivity index (χ1n) is 6.76. The maximum Gasteiger partial charge on any atom is 0.240 e. The molecule has 2 rings (SSSR count). The minimum Gasteiger partial charge on any atom is -0.326 e. The van der Waals surface area contributed by atoms with Gasteiger partial charge in [-0.2, -0.15) is 0 Å². The van der Waals surface area contributed by atoms with E-state index in [0.29, 0.717) is 12.8 Å². The summed E-state index contributed by atoms with van der Waals surface area (Å²) in [6.45, 7) is 2.12. The fourth-order valence-electron chi connectivity index (χ4n) is 2.44. The number of aryl methyl sites for hydroxylation is 1. The van der Waals surface area contributed by atoms with E-state index >= 15 is 0 Å². The van der Waals surface area contributed by atoms with Crippen LogP contribution < -0.4 is 10.5 Å². The van der Waals surface area contributed by atoms with Crippen LogP contribution in [0.3, 0.4) is 0 Å². The molecule has 1 saturated heterocycles. The molecule has 0 aromatic heterocycles. The summed E-state index contributed by atoms with van der Waals surface area (Å²) in [4.78, 5) is 0.122. The molecule has 118 valence electrons. The van der Waals surface area contributed by atoms with Crippen LogP contribution in [0.2, 0.25) is 0 Å². The first-order chi connectivity index (χ1) is 9.73. The van der Waals surface area contributed by atoms with Gasteiger partial charge in [0.15, 0.2) is 9.84 Å². The van der Waals surface area contributed by atoms with Crippen molar-refractivity contribution in [3.8, 4) is 0 Å². The van der Waals surface area contributed by atoms with E-state index in [2.05, 4.69) is 4.72 Å². The summed E-state index contributed by atoms with van der Waals surface area (Å²) in [5, 5.41) is 0. The predicted molar refractivity (Wildman–Crippen MR) is 81.1 cm³/mol. The average molecular weight is 332 g/mol. The number of nitrogens with two attached hydrogens (primary N) is 1. The van der Waals surface area contributed by atoms with Crippen molar-refractivity contribution >= 4 is 19.9 Å². The van der Waals surface area contributed by atoms with E-state index in [1.807, 2.05) is 6.92 Å². The molecular weight excluding hydrogens is 312 g/mol. The monoisotopic (exact) mass is 332 g/mol. The number of hydrogen-bond acceptors (Lipinski definition) is 5. The van der Waals surface area contributed by atoms with Crippen LogP contribution in [0.1, 0.15) is 24.0 Å². The van der Waals surface area contributed by atoms with Crippen LogP contribution >= 0.6 is 0 Å². The van der Waals surface area contributed by atoms with Crippen LogP contribution in [0.4, 0.5) is 0 Å². The molecular formula is C13H20N2O4S2. The predicted octanol–water partition coefficient (Wildman–Crippen LogP) is 0.309. The zero-order valence-corrected chi connectivity index (χ0v) is 13.5. The van der Waals surface area contributed by atoms with Gasteiger partial charge in [-0.3, -0.25) is 0 Å². The molecule has 0 bridgehead atoms. The lowest BCUT2D eigenvalue weighted by atomic mass is 10.1. The van der Waals surface area contributed by atoms with Crippen LogP contribution in [-0.4, -0.2) is 34.4 Å². The normalized spacial score (nSPS) is 22.1. The van der Waals surface area contributed by atoms with Gasteiger partial charge in [-0.25, -0.2) is 21.6 Å². The van der Waals surface area contributed by atoms with Crippen molar-refractivity contribution < 1.29 is 16.8 Å². The van der Waals surface area contributed by atoms with E-state index < -0.39 is 25.9 Å². The molecule has 6 nitrogen and oxygen atoms in total. The summed E-state index contributed by atoms with van der Waals surface area (Å²) in [6, 6.07) is 4.19. The minimum absolute atomic E-state index is 0.122. The quantitative estimate of drug-likeness (QED) is 0.825. The molecule has 1 heterocycles. The molecule has 1 aliphatic heterocycles. The molecule has 1 aliphatic rings. The van der Waals surface area contributed by atoms with Gasteiger partial charge in [0.2, 0.25) is 10.0 Å². The van der Waals surface area contributed by atoms with Gasteiger partial charge >= 0.3 is 0 Å². The highest BCUT2D eigenvalue weighted by molar-refractivity contribution is 7.91. The van der Waals surface area contributed by atoms with E-state index in [9.17, 15) is 16.8 Å². The maximum absolute atomic E-state index is 12.3. The van der Waals surface area contributed by atoms with Crippen molar-refractivity contribution in [3.05, 3.63) is 29.3 Å². The second-order valence-electron chi connectivity index (χ2n) is 5.37. The summed E-state index contributed by atoms with van der Waals surface area (Å²) in [7, 11) is -6.88. The Labute approximate surface area is 125 Å². The lowest BCUT2D eigenvalue weighted by molar-refractivity contribution is 0.517. The van der Waals surface area contributed by atoms with Crippen LogP contribution in [0.25, 0.3) is 0 Å². The fraction of sp³-hybridized carbons (Fsp3) is 0.538. The van der Waals surface area contributed by atoms with Crippen molar-refractivity contribution in [1.82, 2.24) is 4.72 Å². The first-order valence-corrected chi connectivity index (χ1v) is 10.1. The van der Waals surface area contributed by atoms with E-state index in [-0.39, 0.29) is 22.9 Å². The summed E-state index contributed by atoms with van der Waals surface area (Å²) >= 11 is 0. The van der Waals surface area contributed by atoms with Crippen molar-refractivity contribution in [2.75, 3.05) is 11.5 Å². The molecule has 1 unspecified atom stereocenters. The van der Waals surface area contributed by atoms with Gasteiger partial charge in [-0.1, -0.05) is 6.07 Å². The number of nitrogens with one attached hydrogen (secondary N) is 1. The lowest BCUT2D eigenvalue weighted by Gasteiger charge is -2.23. The topological polar surface area (TPSA) is 106 Å². The molecule has 1 aromatic carbocycles. The van der Waals surface area contributed by atoms with Gasteiger partial charge in [0.05, 0.1) is 16.4 Å². The molecule has 0 aliphatic carbocycles. The second kappa shape index (κ2) is 6.04. The second-order valence-corrected chi connectivity index (χ2v) is 9.31. The molecule has 21 heavy (non-hydrogen) atoms. The zero-order valence-electron chi connectivity index (χ0n) is 11.9. The Morgan fingerprint density at radius 2 is 2.10 bits per heavy atom. The Bertz CT molecular complexity index is 727. The van der Waals surface area contributed by atoms with Crippen molar-refractivity contribution in [2.45, 2.75) is 37.2 Å². The van der Waals surface area contributed by atoms with Crippen LogP contribution in [0, 0.1) is 6.92 Å². The molecule has 0 spiro atoms. The van der Waals surface area contributed by atoms with Crippen molar-refractivity contribution in [2.24, 2.45) is 5.73 Å². The summed E-state index contributed by atoms with van der Waals surface area (Å²) in [6.07, 6.45) is 1.02. The average Bonchev–Trinajstić information content (AvgIpc) is 2.37. The smallest absolute Gasteiger partial charge is 0.240 e. The van der Waals surface area contributed by atoms with Crippen LogP contribution in [0.5, 0.6) is 0 Å². The van der Waals surface area contributed by atoms with Gasteiger partial charge in [0, 0.05) is 12.6 Å². The first kappa shape index (κ1) is 16.4. The number of hydrogen-bond donors (Lipinski definition) is 2. The van der Waals surface area contributed by atoms with Crippen LogP contribution in [-0.2, 0) is 26.4 Å². The molecule has 0 saturated carbocycles. The van der Waals surface area contributed by atoms with Gasteiger partial charge < -0.3 is 5.73 Å². The third-order valence-corrected chi connectivity index (χ3v) is 6.97. The molecule has 1 atom stereocenters. The zero-order chi connectivity index (χ0) is 15.7. The highest BCUT2D eigenvalue weighted by atomic mass is 32.2. The maximum atomic E-state index is 12.3. The Kier molecular flexibility index (Phi) is 4.72. The Hall–Kier alpha value is -0.960. The summed E-state index contributed by atoms with van der Waals surface area (Å²) in [5.74, 6) is -0.00504. The fourth-order valence-corrected chi connectivity index (χ4v) is 5.50. The molecule has 3 N–H and O–H groups in total.